The largest absolute Gasteiger partial charge is 0.409 e. The lowest BCUT2D eigenvalue weighted by Gasteiger charge is -2.34. The molecule has 1 aliphatic heterocycles. The number of rotatable bonds is 6. The normalized spacial score (nSPS) is 26.8. The zero-order valence-corrected chi connectivity index (χ0v) is 11.1. The van der Waals surface area contributed by atoms with Crippen LogP contribution in [0.25, 0.3) is 0 Å². The van der Waals surface area contributed by atoms with Crippen LogP contribution >= 0.6 is 0 Å². The van der Waals surface area contributed by atoms with Gasteiger partial charge in [0.2, 0.25) is 0 Å². The molecule has 1 unspecified atom stereocenters. The van der Waals surface area contributed by atoms with Gasteiger partial charge in [-0.15, -0.1) is 0 Å². The number of nitrogens with zero attached hydrogens (tertiary/aromatic N) is 3. The topological polar surface area (TPSA) is 74.3 Å². The van der Waals surface area contributed by atoms with Crippen molar-refractivity contribution in [2.45, 2.75) is 31.4 Å². The van der Waals surface area contributed by atoms with Crippen LogP contribution in [0, 0.1) is 0 Å². The number of morpholine rings is 1. The molecule has 0 amide bonds. The highest BCUT2D eigenvalue weighted by atomic mass is 16.5. The maximum absolute atomic E-state index is 8.57. The fourth-order valence-corrected chi connectivity index (χ4v) is 2.41. The van der Waals surface area contributed by atoms with Crippen LogP contribution in [0.3, 0.4) is 0 Å². The fourth-order valence-electron chi connectivity index (χ4n) is 2.41. The first-order valence-corrected chi connectivity index (χ1v) is 6.69. The maximum Gasteiger partial charge on any atom is 0.140 e. The summed E-state index contributed by atoms with van der Waals surface area (Å²) in [6, 6.07) is 0.673. The molecule has 0 bridgehead atoms. The van der Waals surface area contributed by atoms with Crippen LogP contribution in [0.4, 0.5) is 0 Å². The first-order chi connectivity index (χ1) is 8.69. The minimum absolute atomic E-state index is 0.289. The zero-order chi connectivity index (χ0) is 13.0. The second kappa shape index (κ2) is 6.36. The van der Waals surface area contributed by atoms with Crippen molar-refractivity contribution in [3.63, 3.8) is 0 Å². The SMILES string of the molecule is CN1CCOC(CN(CCC(N)=NO)C2CC2)C1. The quantitative estimate of drug-likeness (QED) is 0.301. The molecule has 3 N–H and O–H groups in total. The van der Waals surface area contributed by atoms with Crippen LogP contribution in [0.1, 0.15) is 19.3 Å². The smallest absolute Gasteiger partial charge is 0.140 e. The van der Waals surface area contributed by atoms with Crippen molar-refractivity contribution in [2.24, 2.45) is 10.9 Å². The van der Waals surface area contributed by atoms with E-state index >= 15 is 0 Å². The molecule has 18 heavy (non-hydrogen) atoms. The molecule has 0 spiro atoms. The predicted octanol–water partition coefficient (Wildman–Crippen LogP) is -0.0821. The molecular formula is C12H24N4O2. The van der Waals surface area contributed by atoms with Crippen molar-refractivity contribution >= 4 is 5.84 Å². The van der Waals surface area contributed by atoms with Crippen molar-refractivity contribution in [2.75, 3.05) is 39.8 Å². The van der Waals surface area contributed by atoms with Gasteiger partial charge < -0.3 is 20.6 Å². The Hall–Kier alpha value is -0.850. The van der Waals surface area contributed by atoms with Crippen molar-refractivity contribution in [1.29, 1.82) is 0 Å². The van der Waals surface area contributed by atoms with Gasteiger partial charge >= 0.3 is 0 Å². The standard InChI is InChI=1S/C12H24N4O2/c1-15-6-7-18-11(8-15)9-16(10-2-3-10)5-4-12(13)14-17/h10-11,17H,2-9H2,1H3,(H2,13,14). The van der Waals surface area contributed by atoms with Crippen molar-refractivity contribution in [3.8, 4) is 0 Å². The first-order valence-electron chi connectivity index (χ1n) is 6.69. The third kappa shape index (κ3) is 4.12. The summed E-state index contributed by atoms with van der Waals surface area (Å²) in [5, 5.41) is 11.6. The monoisotopic (exact) mass is 256 g/mol. The molecule has 1 aliphatic carbocycles. The Morgan fingerprint density at radius 1 is 1.56 bits per heavy atom. The van der Waals surface area contributed by atoms with Crippen LogP contribution in [-0.4, -0.2) is 72.8 Å². The van der Waals surface area contributed by atoms with E-state index in [9.17, 15) is 0 Å². The summed E-state index contributed by atoms with van der Waals surface area (Å²) in [6.45, 7) is 4.63. The number of amidine groups is 1. The molecule has 6 nitrogen and oxygen atoms in total. The Balaban J connectivity index is 1.78. The summed E-state index contributed by atoms with van der Waals surface area (Å²) in [6.07, 6.45) is 3.43. The molecule has 0 radical (unpaired) electrons. The molecule has 1 saturated heterocycles. The number of likely N-dealkylation sites (N-methyl/N-ethyl adjacent to an activating group) is 1. The summed E-state index contributed by atoms with van der Waals surface area (Å²) < 4.78 is 5.80. The van der Waals surface area contributed by atoms with Gasteiger partial charge in [0.05, 0.1) is 12.7 Å². The summed E-state index contributed by atoms with van der Waals surface area (Å²) in [5.74, 6) is 0.308. The van der Waals surface area contributed by atoms with Gasteiger partial charge in [-0.3, -0.25) is 4.90 Å². The third-order valence-corrected chi connectivity index (χ3v) is 3.63. The van der Waals surface area contributed by atoms with Gasteiger partial charge in [0.25, 0.3) is 0 Å². The molecule has 0 aromatic heterocycles. The lowest BCUT2D eigenvalue weighted by Crippen LogP contribution is -2.47. The predicted molar refractivity (Wildman–Crippen MR) is 69.9 cm³/mol. The average molecular weight is 256 g/mol. The average Bonchev–Trinajstić information content (AvgIpc) is 3.18. The van der Waals surface area contributed by atoms with E-state index in [4.69, 9.17) is 15.7 Å². The number of hydrogen-bond acceptors (Lipinski definition) is 5. The van der Waals surface area contributed by atoms with Gasteiger partial charge in [-0.1, -0.05) is 5.16 Å². The highest BCUT2D eigenvalue weighted by molar-refractivity contribution is 5.79. The third-order valence-electron chi connectivity index (χ3n) is 3.63. The molecule has 1 atom stereocenters. The van der Waals surface area contributed by atoms with E-state index in [0.717, 1.165) is 32.8 Å². The summed E-state index contributed by atoms with van der Waals surface area (Å²) >= 11 is 0. The molecule has 2 aliphatic rings. The zero-order valence-electron chi connectivity index (χ0n) is 11.1. The maximum atomic E-state index is 8.57. The Morgan fingerprint density at radius 2 is 2.33 bits per heavy atom. The Kier molecular flexibility index (Phi) is 4.79. The van der Waals surface area contributed by atoms with Crippen molar-refractivity contribution in [3.05, 3.63) is 0 Å². The number of nitrogens with two attached hydrogens (primary N) is 1. The van der Waals surface area contributed by atoms with Gasteiger partial charge in [-0.05, 0) is 19.9 Å². The number of ether oxygens (including phenoxy) is 1. The van der Waals surface area contributed by atoms with Gasteiger partial charge in [-0.25, -0.2) is 0 Å². The van der Waals surface area contributed by atoms with Crippen LogP contribution in [0.15, 0.2) is 5.16 Å². The van der Waals surface area contributed by atoms with Crippen LogP contribution in [0.5, 0.6) is 0 Å². The fraction of sp³-hybridized carbons (Fsp3) is 0.917. The van der Waals surface area contributed by atoms with Crippen molar-refractivity contribution in [1.82, 2.24) is 9.80 Å². The minimum Gasteiger partial charge on any atom is -0.409 e. The molecule has 104 valence electrons. The first kappa shape index (κ1) is 13.6. The summed E-state index contributed by atoms with van der Waals surface area (Å²) in [4.78, 5) is 4.73. The van der Waals surface area contributed by atoms with Gasteiger partial charge in [0.1, 0.15) is 5.84 Å². The van der Waals surface area contributed by atoms with Gasteiger partial charge in [0, 0.05) is 38.6 Å². The van der Waals surface area contributed by atoms with Gasteiger partial charge in [0.15, 0.2) is 0 Å². The number of oxime groups is 1. The van der Waals surface area contributed by atoms with Gasteiger partial charge in [-0.2, -0.15) is 0 Å². The van der Waals surface area contributed by atoms with E-state index < -0.39 is 0 Å². The van der Waals surface area contributed by atoms with E-state index in [2.05, 4.69) is 22.0 Å². The molecule has 1 heterocycles. The summed E-state index contributed by atoms with van der Waals surface area (Å²) in [7, 11) is 2.13. The van der Waals surface area contributed by atoms with E-state index in [1.165, 1.54) is 12.8 Å². The van der Waals surface area contributed by atoms with E-state index in [1.54, 1.807) is 0 Å². The van der Waals surface area contributed by atoms with Crippen LogP contribution < -0.4 is 5.73 Å². The molecule has 1 saturated carbocycles. The number of hydrogen-bond donors (Lipinski definition) is 2. The van der Waals surface area contributed by atoms with E-state index in [-0.39, 0.29) is 6.10 Å². The van der Waals surface area contributed by atoms with E-state index in [1.807, 2.05) is 0 Å². The highest BCUT2D eigenvalue weighted by Crippen LogP contribution is 2.27. The van der Waals surface area contributed by atoms with E-state index in [0.29, 0.717) is 18.3 Å². The van der Waals surface area contributed by atoms with Crippen LogP contribution in [0.2, 0.25) is 0 Å². The van der Waals surface area contributed by atoms with Crippen LogP contribution in [-0.2, 0) is 4.74 Å². The minimum atomic E-state index is 0.289. The van der Waals surface area contributed by atoms with Crippen molar-refractivity contribution < 1.29 is 9.94 Å². The second-order valence-corrected chi connectivity index (χ2v) is 5.32. The molecule has 6 heteroatoms. The molecule has 2 fully saturated rings. The Labute approximate surface area is 108 Å². The second-order valence-electron chi connectivity index (χ2n) is 5.32. The lowest BCUT2D eigenvalue weighted by atomic mass is 10.2. The lowest BCUT2D eigenvalue weighted by molar-refractivity contribution is -0.0364. The Morgan fingerprint density at radius 3 is 2.94 bits per heavy atom. The molecular weight excluding hydrogens is 232 g/mol. The highest BCUT2D eigenvalue weighted by Gasteiger charge is 2.31. The Bertz CT molecular complexity index is 294. The molecule has 2 rings (SSSR count). The summed E-state index contributed by atoms with van der Waals surface area (Å²) in [5.41, 5.74) is 5.53. The molecule has 0 aromatic carbocycles. The molecule has 0 aromatic rings.